The molecule has 1 unspecified atom stereocenters. The fraction of sp³-hybridized carbons (Fsp3) is 0.429. The lowest BCUT2D eigenvalue weighted by Gasteiger charge is -2.26. The molecule has 0 heterocycles. The number of esters is 1. The Bertz CT molecular complexity index is 423. The molecule has 0 spiro atoms. The molecule has 0 aliphatic rings. The predicted octanol–water partition coefficient (Wildman–Crippen LogP) is 1.82. The zero-order valence-corrected chi connectivity index (χ0v) is 10.8. The van der Waals surface area contributed by atoms with E-state index in [2.05, 4.69) is 0 Å². The second-order valence-corrected chi connectivity index (χ2v) is 4.32. The fourth-order valence-corrected chi connectivity index (χ4v) is 1.56. The number of benzene rings is 1. The summed E-state index contributed by atoms with van der Waals surface area (Å²) in [5.74, 6) is -1.92. The lowest BCUT2D eigenvalue weighted by atomic mass is 9.84. The summed E-state index contributed by atoms with van der Waals surface area (Å²) in [6, 6.07) is 8.57. The molecule has 0 fully saturated rings. The SMILES string of the molecule is CCOC(=O)[C@@](C)(O)C(C)C(=O)c1ccccc1. The minimum absolute atomic E-state index is 0.168. The first-order valence-corrected chi connectivity index (χ1v) is 5.90. The van der Waals surface area contributed by atoms with Crippen LogP contribution in [-0.2, 0) is 9.53 Å². The van der Waals surface area contributed by atoms with Crippen LogP contribution in [0.3, 0.4) is 0 Å². The van der Waals surface area contributed by atoms with Gasteiger partial charge in [0.05, 0.1) is 12.5 Å². The van der Waals surface area contributed by atoms with E-state index in [9.17, 15) is 14.7 Å². The second-order valence-electron chi connectivity index (χ2n) is 4.32. The standard InChI is InChI=1S/C14H18O4/c1-4-18-13(16)14(3,17)10(2)12(15)11-8-6-5-7-9-11/h5-10,17H,4H2,1-3H3/t10?,14-/m0/s1. The molecule has 0 radical (unpaired) electrons. The number of rotatable bonds is 5. The molecule has 0 amide bonds. The lowest BCUT2D eigenvalue weighted by Crippen LogP contribution is -2.46. The van der Waals surface area contributed by atoms with E-state index in [1.54, 1.807) is 37.3 Å². The van der Waals surface area contributed by atoms with Gasteiger partial charge in [-0.2, -0.15) is 0 Å². The van der Waals surface area contributed by atoms with E-state index in [-0.39, 0.29) is 12.4 Å². The molecule has 0 aliphatic carbocycles. The maximum atomic E-state index is 12.1. The first kappa shape index (κ1) is 14.4. The van der Waals surface area contributed by atoms with Crippen molar-refractivity contribution in [2.75, 3.05) is 6.61 Å². The molecule has 4 heteroatoms. The zero-order valence-electron chi connectivity index (χ0n) is 10.8. The van der Waals surface area contributed by atoms with Crippen LogP contribution in [-0.4, -0.2) is 29.1 Å². The molecule has 0 bridgehead atoms. The minimum Gasteiger partial charge on any atom is -0.464 e. The first-order valence-electron chi connectivity index (χ1n) is 5.90. The van der Waals surface area contributed by atoms with Crippen LogP contribution in [0.1, 0.15) is 31.1 Å². The number of carbonyl (C=O) groups is 2. The van der Waals surface area contributed by atoms with E-state index >= 15 is 0 Å². The molecule has 0 aromatic heterocycles. The van der Waals surface area contributed by atoms with Gasteiger partial charge < -0.3 is 9.84 Å². The van der Waals surface area contributed by atoms with Crippen molar-refractivity contribution in [2.24, 2.45) is 5.92 Å². The van der Waals surface area contributed by atoms with Crippen molar-refractivity contribution >= 4 is 11.8 Å². The molecule has 0 saturated heterocycles. The van der Waals surface area contributed by atoms with Crippen molar-refractivity contribution in [3.05, 3.63) is 35.9 Å². The van der Waals surface area contributed by atoms with E-state index in [1.807, 2.05) is 0 Å². The number of carbonyl (C=O) groups excluding carboxylic acids is 2. The highest BCUT2D eigenvalue weighted by Crippen LogP contribution is 2.23. The van der Waals surface area contributed by atoms with Gasteiger partial charge in [0.25, 0.3) is 0 Å². The Hall–Kier alpha value is -1.68. The Morgan fingerprint density at radius 3 is 2.39 bits per heavy atom. The summed E-state index contributed by atoms with van der Waals surface area (Å²) in [7, 11) is 0. The molecule has 4 nitrogen and oxygen atoms in total. The van der Waals surface area contributed by atoms with Gasteiger partial charge in [0.1, 0.15) is 0 Å². The molecule has 1 aromatic rings. The summed E-state index contributed by atoms with van der Waals surface area (Å²) < 4.78 is 4.77. The maximum Gasteiger partial charge on any atom is 0.338 e. The van der Waals surface area contributed by atoms with Gasteiger partial charge in [-0.1, -0.05) is 37.3 Å². The molecule has 98 valence electrons. The molecule has 1 aromatic carbocycles. The van der Waals surface area contributed by atoms with E-state index in [1.165, 1.54) is 13.8 Å². The van der Waals surface area contributed by atoms with Gasteiger partial charge >= 0.3 is 5.97 Å². The third kappa shape index (κ3) is 2.96. The third-order valence-electron chi connectivity index (χ3n) is 2.98. The quantitative estimate of drug-likeness (QED) is 0.639. The van der Waals surface area contributed by atoms with Gasteiger partial charge in [-0.3, -0.25) is 4.79 Å². The van der Waals surface area contributed by atoms with Crippen molar-refractivity contribution in [3.63, 3.8) is 0 Å². The smallest absolute Gasteiger partial charge is 0.338 e. The number of hydrogen-bond donors (Lipinski definition) is 1. The van der Waals surface area contributed by atoms with Crippen LogP contribution in [0.25, 0.3) is 0 Å². The van der Waals surface area contributed by atoms with Crippen LogP contribution >= 0.6 is 0 Å². The van der Waals surface area contributed by atoms with Crippen molar-refractivity contribution in [3.8, 4) is 0 Å². The number of aliphatic hydroxyl groups is 1. The van der Waals surface area contributed by atoms with Crippen molar-refractivity contribution < 1.29 is 19.4 Å². The fourth-order valence-electron chi connectivity index (χ4n) is 1.56. The van der Waals surface area contributed by atoms with Gasteiger partial charge in [-0.15, -0.1) is 0 Å². The van der Waals surface area contributed by atoms with Crippen LogP contribution in [0.2, 0.25) is 0 Å². The van der Waals surface area contributed by atoms with Crippen molar-refractivity contribution in [1.29, 1.82) is 0 Å². The monoisotopic (exact) mass is 250 g/mol. The van der Waals surface area contributed by atoms with E-state index in [4.69, 9.17) is 4.74 Å². The second kappa shape index (κ2) is 5.78. The first-order chi connectivity index (χ1) is 8.41. The highest BCUT2D eigenvalue weighted by molar-refractivity contribution is 6.01. The summed E-state index contributed by atoms with van der Waals surface area (Å²) in [4.78, 5) is 23.7. The normalized spacial score (nSPS) is 15.6. The summed E-state index contributed by atoms with van der Waals surface area (Å²) in [6.45, 7) is 4.64. The number of ether oxygens (including phenoxy) is 1. The molecule has 0 saturated carbocycles. The van der Waals surface area contributed by atoms with Crippen molar-refractivity contribution in [2.45, 2.75) is 26.4 Å². The van der Waals surface area contributed by atoms with Crippen LogP contribution in [0, 0.1) is 5.92 Å². The van der Waals surface area contributed by atoms with Gasteiger partial charge in [0.15, 0.2) is 11.4 Å². The van der Waals surface area contributed by atoms with Gasteiger partial charge in [-0.25, -0.2) is 4.79 Å². The van der Waals surface area contributed by atoms with Crippen LogP contribution in [0.15, 0.2) is 30.3 Å². The number of ketones is 1. The highest BCUT2D eigenvalue weighted by Gasteiger charge is 2.42. The molecule has 1 N–H and O–H groups in total. The van der Waals surface area contributed by atoms with Crippen LogP contribution in [0.5, 0.6) is 0 Å². The van der Waals surface area contributed by atoms with E-state index < -0.39 is 17.5 Å². The average molecular weight is 250 g/mol. The minimum atomic E-state index is -1.82. The Balaban J connectivity index is 2.90. The Morgan fingerprint density at radius 1 is 1.33 bits per heavy atom. The average Bonchev–Trinajstić information content (AvgIpc) is 2.38. The van der Waals surface area contributed by atoms with Crippen molar-refractivity contribution in [1.82, 2.24) is 0 Å². The predicted molar refractivity (Wildman–Crippen MR) is 67.2 cm³/mol. The van der Waals surface area contributed by atoms with E-state index in [0.717, 1.165) is 0 Å². The highest BCUT2D eigenvalue weighted by atomic mass is 16.5. The molecule has 0 aliphatic heterocycles. The summed E-state index contributed by atoms with van der Waals surface area (Å²) in [6.07, 6.45) is 0. The summed E-state index contributed by atoms with van der Waals surface area (Å²) >= 11 is 0. The molecule has 1 rings (SSSR count). The van der Waals surface area contributed by atoms with Crippen LogP contribution in [0.4, 0.5) is 0 Å². The van der Waals surface area contributed by atoms with Gasteiger partial charge in [0, 0.05) is 5.56 Å². The van der Waals surface area contributed by atoms with Crippen LogP contribution < -0.4 is 0 Å². The Labute approximate surface area is 107 Å². The Kier molecular flexibility index (Phi) is 4.62. The largest absolute Gasteiger partial charge is 0.464 e. The summed E-state index contributed by atoms with van der Waals surface area (Å²) in [5, 5.41) is 10.1. The molecule has 2 atom stereocenters. The maximum absolute atomic E-state index is 12.1. The summed E-state index contributed by atoms with van der Waals surface area (Å²) in [5.41, 5.74) is -1.35. The van der Waals surface area contributed by atoms with E-state index in [0.29, 0.717) is 5.56 Å². The van der Waals surface area contributed by atoms with Gasteiger partial charge in [-0.05, 0) is 13.8 Å². The zero-order chi connectivity index (χ0) is 13.8. The third-order valence-corrected chi connectivity index (χ3v) is 2.98. The number of Topliss-reactive ketones (excluding diaryl/α,β-unsaturated/α-hetero) is 1. The molecule has 18 heavy (non-hydrogen) atoms. The topological polar surface area (TPSA) is 63.6 Å². The molecular weight excluding hydrogens is 232 g/mol. The number of hydrogen-bond acceptors (Lipinski definition) is 4. The Morgan fingerprint density at radius 2 is 1.89 bits per heavy atom. The molecular formula is C14H18O4. The lowest BCUT2D eigenvalue weighted by molar-refractivity contribution is -0.166. The van der Waals surface area contributed by atoms with Gasteiger partial charge in [0.2, 0.25) is 0 Å².